The summed E-state index contributed by atoms with van der Waals surface area (Å²) in [5.74, 6) is 0.603. The van der Waals surface area contributed by atoms with Gasteiger partial charge < -0.3 is 14.8 Å². The molecule has 0 aliphatic carbocycles. The number of nitrogens with zero attached hydrogens (tertiary/aromatic N) is 3. The Morgan fingerprint density at radius 1 is 1.10 bits per heavy atom. The molecule has 7 nitrogen and oxygen atoms in total. The van der Waals surface area contributed by atoms with Gasteiger partial charge in [-0.2, -0.15) is 0 Å². The lowest BCUT2D eigenvalue weighted by Gasteiger charge is -2.30. The number of aromatic nitrogens is 2. The van der Waals surface area contributed by atoms with E-state index in [1.807, 2.05) is 36.1 Å². The van der Waals surface area contributed by atoms with Gasteiger partial charge in [0.15, 0.2) is 5.82 Å². The van der Waals surface area contributed by atoms with Gasteiger partial charge in [0, 0.05) is 36.6 Å². The number of benzene rings is 2. The minimum absolute atomic E-state index is 0.206. The maximum Gasteiger partial charge on any atom is 0.310 e. The molecule has 1 aliphatic rings. The topological polar surface area (TPSA) is 76.6 Å². The van der Waals surface area contributed by atoms with E-state index in [1.54, 1.807) is 31.3 Å². The number of hydrogen-bond donors (Lipinski definition) is 1. The highest BCUT2D eigenvalue weighted by atomic mass is 32.2. The Labute approximate surface area is 185 Å². The number of fused-ring (bicyclic) bond motifs is 2. The van der Waals surface area contributed by atoms with Gasteiger partial charge in [0.05, 0.1) is 18.7 Å². The van der Waals surface area contributed by atoms with Gasteiger partial charge in [-0.05, 0) is 42.3 Å². The molecule has 1 aliphatic heterocycles. The van der Waals surface area contributed by atoms with Crippen LogP contribution >= 0.6 is 11.8 Å². The molecule has 0 saturated heterocycles. The lowest BCUT2D eigenvalue weighted by molar-refractivity contribution is -0.142. The largest absolute Gasteiger partial charge is 0.466 e. The molecule has 31 heavy (non-hydrogen) atoms. The molecule has 0 bridgehead atoms. The first-order valence-corrected chi connectivity index (χ1v) is 10.9. The number of carbonyl (C=O) groups is 1. The number of anilines is 3. The van der Waals surface area contributed by atoms with Crippen LogP contribution in [0, 0.1) is 0 Å². The lowest BCUT2D eigenvalue weighted by Crippen LogP contribution is -2.24. The monoisotopic (exact) mass is 436 g/mol. The molecule has 3 aromatic rings. The lowest BCUT2D eigenvalue weighted by atomic mass is 10.1. The van der Waals surface area contributed by atoms with E-state index >= 15 is 0 Å². The second-order valence-electron chi connectivity index (χ2n) is 6.97. The van der Waals surface area contributed by atoms with E-state index < -0.39 is 0 Å². The van der Waals surface area contributed by atoms with Crippen LogP contribution in [-0.2, 0) is 27.2 Å². The second kappa shape index (κ2) is 9.80. The van der Waals surface area contributed by atoms with Crippen molar-refractivity contribution in [3.63, 3.8) is 0 Å². The molecule has 1 aromatic heterocycles. The summed E-state index contributed by atoms with van der Waals surface area (Å²) in [6.45, 7) is 3.28. The number of methoxy groups -OCH3 is 1. The zero-order chi connectivity index (χ0) is 21.6. The number of nitrogens with one attached hydrogen (secondary N) is 1. The van der Waals surface area contributed by atoms with Gasteiger partial charge in [0.2, 0.25) is 0 Å². The number of ether oxygens (including phenoxy) is 2. The van der Waals surface area contributed by atoms with E-state index in [1.165, 1.54) is 0 Å². The number of esters is 1. The van der Waals surface area contributed by atoms with Gasteiger partial charge in [-0.15, -0.1) is 0 Å². The second-order valence-corrected chi connectivity index (χ2v) is 8.00. The average Bonchev–Trinajstić information content (AvgIpc) is 2.79. The van der Waals surface area contributed by atoms with Gasteiger partial charge in [0.1, 0.15) is 11.8 Å². The molecule has 2 aromatic carbocycles. The smallest absolute Gasteiger partial charge is 0.310 e. The minimum Gasteiger partial charge on any atom is -0.466 e. The Bertz CT molecular complexity index is 1060. The van der Waals surface area contributed by atoms with Crippen LogP contribution in [-0.4, -0.2) is 36.4 Å². The van der Waals surface area contributed by atoms with Crippen molar-refractivity contribution in [2.75, 3.05) is 30.7 Å². The maximum atomic E-state index is 11.6. The van der Waals surface area contributed by atoms with Gasteiger partial charge in [-0.25, -0.2) is 9.97 Å². The standard InChI is InChI=1S/C23H24N4O3S/c1-3-30-21(28)13-16-4-7-18(8-5-16)26-14-17-6-9-20-19(12-17)27(15-29-2)22-23(31-20)25-11-10-24-22/h4-12,26H,3,13-15H2,1-2H3. The quantitative estimate of drug-likeness (QED) is 0.521. The van der Waals surface area contributed by atoms with Crippen LogP contribution < -0.4 is 10.2 Å². The molecule has 2 heterocycles. The molecule has 160 valence electrons. The number of hydrogen-bond acceptors (Lipinski definition) is 8. The highest BCUT2D eigenvalue weighted by Crippen LogP contribution is 2.46. The van der Waals surface area contributed by atoms with Crippen molar-refractivity contribution in [3.05, 3.63) is 66.0 Å². The molecule has 0 fully saturated rings. The van der Waals surface area contributed by atoms with E-state index in [9.17, 15) is 4.79 Å². The summed E-state index contributed by atoms with van der Waals surface area (Å²) in [4.78, 5) is 23.7. The van der Waals surface area contributed by atoms with Gasteiger partial charge in [-0.3, -0.25) is 9.69 Å². The molecule has 0 amide bonds. The first kappa shape index (κ1) is 21.1. The Morgan fingerprint density at radius 3 is 2.65 bits per heavy atom. The Balaban J connectivity index is 1.45. The van der Waals surface area contributed by atoms with E-state index in [-0.39, 0.29) is 12.4 Å². The van der Waals surface area contributed by atoms with Crippen LogP contribution in [0.4, 0.5) is 17.2 Å². The fraction of sp³-hybridized carbons (Fsp3) is 0.261. The van der Waals surface area contributed by atoms with Crippen LogP contribution in [0.15, 0.2) is 64.8 Å². The SMILES string of the molecule is CCOC(=O)Cc1ccc(NCc2ccc3c(c2)N(COC)c2nccnc2S3)cc1. The molecule has 0 saturated carbocycles. The fourth-order valence-electron chi connectivity index (χ4n) is 3.35. The molecule has 0 atom stereocenters. The summed E-state index contributed by atoms with van der Waals surface area (Å²) >= 11 is 1.62. The van der Waals surface area contributed by atoms with Gasteiger partial charge >= 0.3 is 5.97 Å². The average molecular weight is 437 g/mol. The van der Waals surface area contributed by atoms with E-state index in [2.05, 4.69) is 33.5 Å². The van der Waals surface area contributed by atoms with Crippen molar-refractivity contribution >= 4 is 34.9 Å². The summed E-state index contributed by atoms with van der Waals surface area (Å²) in [6, 6.07) is 14.2. The third-order valence-corrected chi connectivity index (χ3v) is 5.83. The zero-order valence-corrected chi connectivity index (χ0v) is 18.3. The zero-order valence-electron chi connectivity index (χ0n) is 17.5. The molecular weight excluding hydrogens is 412 g/mol. The molecule has 0 spiro atoms. The first-order valence-electron chi connectivity index (χ1n) is 10.0. The van der Waals surface area contributed by atoms with Crippen LogP contribution in [0.2, 0.25) is 0 Å². The summed E-state index contributed by atoms with van der Waals surface area (Å²) in [5, 5.41) is 4.31. The molecule has 4 rings (SSSR count). The molecule has 0 radical (unpaired) electrons. The summed E-state index contributed by atoms with van der Waals surface area (Å²) in [5.41, 5.74) is 4.13. The Kier molecular flexibility index (Phi) is 6.69. The summed E-state index contributed by atoms with van der Waals surface area (Å²) in [6.07, 6.45) is 3.69. The van der Waals surface area contributed by atoms with Crippen molar-refractivity contribution in [2.24, 2.45) is 0 Å². The summed E-state index contributed by atoms with van der Waals surface area (Å²) in [7, 11) is 1.68. The van der Waals surface area contributed by atoms with E-state index in [4.69, 9.17) is 9.47 Å². The summed E-state index contributed by atoms with van der Waals surface area (Å²) < 4.78 is 10.4. The van der Waals surface area contributed by atoms with Crippen molar-refractivity contribution in [1.82, 2.24) is 9.97 Å². The maximum absolute atomic E-state index is 11.6. The van der Waals surface area contributed by atoms with E-state index in [0.29, 0.717) is 19.9 Å². The van der Waals surface area contributed by atoms with Crippen LogP contribution in [0.3, 0.4) is 0 Å². The highest BCUT2D eigenvalue weighted by Gasteiger charge is 2.25. The predicted octanol–water partition coefficient (Wildman–Crippen LogP) is 4.40. The first-order chi connectivity index (χ1) is 15.2. The third kappa shape index (κ3) is 4.98. The number of carbonyl (C=O) groups excluding carboxylic acids is 1. The number of rotatable bonds is 8. The highest BCUT2D eigenvalue weighted by molar-refractivity contribution is 7.99. The van der Waals surface area contributed by atoms with Gasteiger partial charge in [0.25, 0.3) is 0 Å². The molecular formula is C23H24N4O3S. The van der Waals surface area contributed by atoms with Crippen molar-refractivity contribution in [2.45, 2.75) is 29.8 Å². The minimum atomic E-state index is -0.206. The van der Waals surface area contributed by atoms with Crippen molar-refractivity contribution in [3.8, 4) is 0 Å². The van der Waals surface area contributed by atoms with Crippen molar-refractivity contribution in [1.29, 1.82) is 0 Å². The molecule has 8 heteroatoms. The predicted molar refractivity (Wildman–Crippen MR) is 121 cm³/mol. The third-order valence-electron chi connectivity index (χ3n) is 4.79. The normalized spacial score (nSPS) is 12.1. The van der Waals surface area contributed by atoms with Crippen molar-refractivity contribution < 1.29 is 14.3 Å². The Morgan fingerprint density at radius 2 is 1.87 bits per heavy atom. The Hall–Kier alpha value is -3.10. The molecule has 1 N–H and O–H groups in total. The van der Waals surface area contributed by atoms with Crippen LogP contribution in [0.5, 0.6) is 0 Å². The van der Waals surface area contributed by atoms with Gasteiger partial charge in [-0.1, -0.05) is 30.0 Å². The van der Waals surface area contributed by atoms with Crippen LogP contribution in [0.25, 0.3) is 0 Å². The molecule has 0 unspecified atom stereocenters. The van der Waals surface area contributed by atoms with Crippen LogP contribution in [0.1, 0.15) is 18.1 Å². The van der Waals surface area contributed by atoms with E-state index in [0.717, 1.165) is 38.2 Å². The fourth-order valence-corrected chi connectivity index (χ4v) is 4.33.